The molecule has 2 heterocycles. The molecule has 6 nitrogen and oxygen atoms in total. The van der Waals surface area contributed by atoms with Gasteiger partial charge in [-0.1, -0.05) is 25.9 Å². The molecule has 0 spiro atoms. The average molecular weight is 290 g/mol. The molecule has 19 heavy (non-hydrogen) atoms. The molecule has 1 aliphatic rings. The lowest BCUT2D eigenvalue weighted by atomic mass is 9.92. The minimum absolute atomic E-state index is 0.154. The minimum Gasteiger partial charge on any atom is -0.338 e. The molecule has 1 atom stereocenters. The Bertz CT molecular complexity index is 602. The molecule has 0 radical (unpaired) electrons. The van der Waals surface area contributed by atoms with Gasteiger partial charge in [0.25, 0.3) is 0 Å². The summed E-state index contributed by atoms with van der Waals surface area (Å²) in [7, 11) is -4.72. The summed E-state index contributed by atoms with van der Waals surface area (Å²) in [4.78, 5) is 12.8. The van der Waals surface area contributed by atoms with E-state index in [1.807, 2.05) is 20.8 Å². The fraction of sp³-hybridized carbons (Fsp3) is 0.636. The van der Waals surface area contributed by atoms with Crippen LogP contribution in [0.15, 0.2) is 10.6 Å². The summed E-state index contributed by atoms with van der Waals surface area (Å²) in [6, 6.07) is 1.57. The molecule has 0 N–H and O–H groups in total. The lowest BCUT2D eigenvalue weighted by Crippen LogP contribution is -2.26. The molecule has 0 bridgehead atoms. The normalized spacial score (nSPS) is 21.2. The third-order valence-electron chi connectivity index (χ3n) is 3.02. The highest BCUT2D eigenvalue weighted by molar-refractivity contribution is 7.87. The van der Waals surface area contributed by atoms with Gasteiger partial charge in [-0.15, -0.1) is 3.89 Å². The van der Waals surface area contributed by atoms with Crippen molar-refractivity contribution >= 4 is 22.0 Å². The van der Waals surface area contributed by atoms with Crippen LogP contribution in [-0.2, 0) is 20.4 Å². The number of hydrogen-bond donors (Lipinski definition) is 0. The van der Waals surface area contributed by atoms with Crippen LogP contribution in [0.5, 0.6) is 0 Å². The maximum Gasteiger partial charge on any atom is 0.307 e. The number of amides is 1. The van der Waals surface area contributed by atoms with Crippen molar-refractivity contribution < 1.29 is 21.6 Å². The number of carbonyl (C=O) groups is 1. The van der Waals surface area contributed by atoms with Crippen LogP contribution < -0.4 is 4.90 Å². The van der Waals surface area contributed by atoms with Crippen LogP contribution in [-0.4, -0.2) is 31.3 Å². The Labute approximate surface area is 110 Å². The largest absolute Gasteiger partial charge is 0.338 e. The summed E-state index contributed by atoms with van der Waals surface area (Å²) in [5.74, 6) is -0.330. The van der Waals surface area contributed by atoms with Crippen molar-refractivity contribution in [3.63, 3.8) is 0 Å². The summed E-state index contributed by atoms with van der Waals surface area (Å²) in [5.41, 5.74) is 0.387. The third kappa shape index (κ3) is 2.78. The Morgan fingerprint density at radius 2 is 2.11 bits per heavy atom. The highest BCUT2D eigenvalue weighted by atomic mass is 32.3. The summed E-state index contributed by atoms with van der Waals surface area (Å²) in [5, 5.41) is 2.51. The number of halogens is 1. The van der Waals surface area contributed by atoms with Crippen LogP contribution in [0.3, 0.4) is 0 Å². The first-order valence-electron chi connectivity index (χ1n) is 5.80. The number of rotatable bonds is 2. The quantitative estimate of drug-likeness (QED) is 0.769. The fourth-order valence-electron chi connectivity index (χ4n) is 1.82. The average Bonchev–Trinajstić information content (AvgIpc) is 2.80. The van der Waals surface area contributed by atoms with E-state index in [4.69, 9.17) is 4.52 Å². The number of anilines is 1. The van der Waals surface area contributed by atoms with Gasteiger partial charge in [-0.25, -0.2) is 0 Å². The van der Waals surface area contributed by atoms with E-state index < -0.39 is 21.4 Å². The summed E-state index contributed by atoms with van der Waals surface area (Å²) >= 11 is 0. The van der Waals surface area contributed by atoms with Crippen molar-refractivity contribution in [1.29, 1.82) is 0 Å². The van der Waals surface area contributed by atoms with Crippen LogP contribution in [0, 0.1) is 0 Å². The second-order valence-electron chi connectivity index (χ2n) is 5.61. The number of carbonyl (C=O) groups excluding carboxylic acids is 1. The van der Waals surface area contributed by atoms with E-state index in [9.17, 15) is 17.1 Å². The van der Waals surface area contributed by atoms with Crippen molar-refractivity contribution in [3.05, 3.63) is 11.8 Å². The van der Waals surface area contributed by atoms with Gasteiger partial charge in [0.2, 0.25) is 11.8 Å². The lowest BCUT2D eigenvalue weighted by Gasteiger charge is -2.13. The lowest BCUT2D eigenvalue weighted by molar-refractivity contribution is -0.117. The van der Waals surface area contributed by atoms with Crippen LogP contribution in [0.4, 0.5) is 9.77 Å². The second kappa shape index (κ2) is 4.29. The van der Waals surface area contributed by atoms with Crippen LogP contribution >= 0.6 is 0 Å². The highest BCUT2D eigenvalue weighted by Crippen LogP contribution is 2.29. The Balaban J connectivity index is 2.24. The molecule has 1 aromatic rings. The first-order chi connectivity index (χ1) is 8.59. The van der Waals surface area contributed by atoms with E-state index >= 15 is 0 Å². The highest BCUT2D eigenvalue weighted by Gasteiger charge is 2.40. The van der Waals surface area contributed by atoms with Crippen LogP contribution in [0.25, 0.3) is 0 Å². The Hall–Kier alpha value is -1.44. The van der Waals surface area contributed by atoms with E-state index in [1.165, 1.54) is 0 Å². The predicted octanol–water partition coefficient (Wildman–Crippen LogP) is 1.38. The van der Waals surface area contributed by atoms with Gasteiger partial charge < -0.3 is 4.52 Å². The third-order valence-corrected chi connectivity index (χ3v) is 4.13. The van der Waals surface area contributed by atoms with Crippen molar-refractivity contribution in [2.24, 2.45) is 0 Å². The van der Waals surface area contributed by atoms with Crippen molar-refractivity contribution in [1.82, 2.24) is 5.16 Å². The predicted molar refractivity (Wildman–Crippen MR) is 66.0 cm³/mol. The summed E-state index contributed by atoms with van der Waals surface area (Å²) in [6.45, 7) is 5.54. The van der Waals surface area contributed by atoms with Crippen molar-refractivity contribution in [3.8, 4) is 0 Å². The zero-order valence-electron chi connectivity index (χ0n) is 10.9. The molecule has 0 aliphatic carbocycles. The smallest absolute Gasteiger partial charge is 0.307 e. The van der Waals surface area contributed by atoms with E-state index in [2.05, 4.69) is 5.16 Å². The van der Waals surface area contributed by atoms with Gasteiger partial charge in [-0.05, 0) is 0 Å². The molecule has 1 saturated heterocycles. The SMILES string of the molecule is CC(C)(C)c1cc(N2CC(S(=O)(=O)F)CC2=O)on1. The maximum absolute atomic E-state index is 12.9. The molecule has 1 amide bonds. The molecule has 1 fully saturated rings. The van der Waals surface area contributed by atoms with Gasteiger partial charge in [-0.2, -0.15) is 8.42 Å². The van der Waals surface area contributed by atoms with Gasteiger partial charge in [0.05, 0.1) is 5.69 Å². The van der Waals surface area contributed by atoms with E-state index in [0.717, 1.165) is 4.90 Å². The first-order valence-corrected chi connectivity index (χ1v) is 7.25. The molecule has 2 rings (SSSR count). The molecule has 1 aromatic heterocycles. The molecule has 8 heteroatoms. The van der Waals surface area contributed by atoms with E-state index in [1.54, 1.807) is 6.07 Å². The first kappa shape index (κ1) is 14.0. The number of aromatic nitrogens is 1. The topological polar surface area (TPSA) is 80.5 Å². The van der Waals surface area contributed by atoms with Crippen LogP contribution in [0.1, 0.15) is 32.9 Å². The zero-order chi connectivity index (χ0) is 14.4. The molecule has 0 aromatic carbocycles. The Morgan fingerprint density at radius 3 is 2.53 bits per heavy atom. The molecular weight excluding hydrogens is 275 g/mol. The van der Waals surface area contributed by atoms with Crippen LogP contribution in [0.2, 0.25) is 0 Å². The molecule has 0 saturated carbocycles. The fourth-order valence-corrected chi connectivity index (χ4v) is 2.49. The minimum atomic E-state index is -4.72. The maximum atomic E-state index is 12.9. The van der Waals surface area contributed by atoms with Crippen molar-refractivity contribution in [2.45, 2.75) is 37.9 Å². The van der Waals surface area contributed by atoms with Gasteiger partial charge >= 0.3 is 10.2 Å². The summed E-state index contributed by atoms with van der Waals surface area (Å²) in [6.07, 6.45) is -0.371. The van der Waals surface area contributed by atoms with Crippen molar-refractivity contribution in [2.75, 3.05) is 11.4 Å². The molecule has 1 aliphatic heterocycles. The van der Waals surface area contributed by atoms with E-state index in [0.29, 0.717) is 5.69 Å². The van der Waals surface area contributed by atoms with Gasteiger partial charge in [0.15, 0.2) is 0 Å². The molecular formula is C11H15FN2O4S. The monoisotopic (exact) mass is 290 g/mol. The Kier molecular flexibility index (Phi) is 3.16. The standard InChI is InChI=1S/C11H15FN2O4S/c1-11(2,3)8-5-10(18-13-8)14-6-7(4-9(14)15)19(12,16)17/h5,7H,4,6H2,1-3H3. The Morgan fingerprint density at radius 1 is 1.47 bits per heavy atom. The van der Waals surface area contributed by atoms with E-state index in [-0.39, 0.29) is 24.3 Å². The number of nitrogens with zero attached hydrogens (tertiary/aromatic N) is 2. The zero-order valence-corrected chi connectivity index (χ0v) is 11.7. The number of hydrogen-bond acceptors (Lipinski definition) is 5. The molecule has 1 unspecified atom stereocenters. The second-order valence-corrected chi connectivity index (χ2v) is 7.22. The van der Waals surface area contributed by atoms with Gasteiger partial charge in [0.1, 0.15) is 5.25 Å². The van der Waals surface area contributed by atoms with Gasteiger partial charge in [0, 0.05) is 24.4 Å². The van der Waals surface area contributed by atoms with Gasteiger partial charge in [-0.3, -0.25) is 9.69 Å². The summed E-state index contributed by atoms with van der Waals surface area (Å²) < 4.78 is 39.6. The molecule has 106 valence electrons.